The molecule has 0 N–H and O–H groups in total. The van der Waals surface area contributed by atoms with E-state index in [9.17, 15) is 0 Å². The fourth-order valence-corrected chi connectivity index (χ4v) is 15.5. The van der Waals surface area contributed by atoms with Gasteiger partial charge in [-0.1, -0.05) is 112 Å². The van der Waals surface area contributed by atoms with Crippen molar-refractivity contribution in [3.63, 3.8) is 0 Å². The van der Waals surface area contributed by atoms with Gasteiger partial charge in [-0.2, -0.15) is 399 Å². The van der Waals surface area contributed by atoms with Gasteiger partial charge in [0.2, 0.25) is 0 Å². The van der Waals surface area contributed by atoms with Crippen LogP contribution in [0.1, 0.15) is 30.9 Å². The molecule has 22 aromatic rings. The van der Waals surface area contributed by atoms with Crippen LogP contribution in [0.4, 0.5) is 56.9 Å². The predicted molar refractivity (Wildman–Crippen MR) is 597 cm³/mol. The molecule has 15 heteroatoms. The van der Waals surface area contributed by atoms with Crippen molar-refractivity contribution in [1.82, 2.24) is 19.6 Å². The summed E-state index contributed by atoms with van der Waals surface area (Å²) in [4.78, 5) is 12.9. The molecule has 0 saturated carbocycles. The Morgan fingerprint density at radius 1 is 0.227 bits per heavy atom. The van der Waals surface area contributed by atoms with Gasteiger partial charge >= 0.3 is 63.2 Å². The molecule has 3 aliphatic heterocycles. The fourth-order valence-electron chi connectivity index (χ4n) is 15.5. The van der Waals surface area contributed by atoms with E-state index in [1.165, 1.54) is 56.4 Å². The first-order valence-electron chi connectivity index (χ1n) is 47.8. The van der Waals surface area contributed by atoms with Crippen LogP contribution < -0.4 is 29.4 Å². The van der Waals surface area contributed by atoms with Crippen LogP contribution in [0, 0.1) is 118 Å². The van der Waals surface area contributed by atoms with E-state index < -0.39 is 0 Å². The summed E-state index contributed by atoms with van der Waals surface area (Å²) < 4.78 is 3.57. The van der Waals surface area contributed by atoms with Crippen molar-refractivity contribution in [3.05, 3.63) is 638 Å². The molecule has 0 spiro atoms. The molecule has 750 valence electrons. The first-order chi connectivity index (χ1) is 71.6. The van der Waals surface area contributed by atoms with Crippen molar-refractivity contribution in [3.8, 4) is 78.1 Å². The van der Waals surface area contributed by atoms with Crippen molar-refractivity contribution in [2.45, 2.75) is 26.7 Å². The average Bonchev–Trinajstić information content (AvgIpc) is 1.58. The normalized spacial score (nSPS) is 11.0. The number of anilines is 10. The number of nitrogens with zero attached hydrogens (tertiary/aromatic N) is 10. The largest absolute Gasteiger partial charge is 4.00 e. The molecule has 0 fully saturated rings. The fraction of sp³-hybridized carbons (Fsp3) is 0.0444. The number of hydrogen-bond acceptors (Lipinski definition) is 8. The molecule has 0 radical (unpaired) electrons. The van der Waals surface area contributed by atoms with Gasteiger partial charge in [-0.3, -0.25) is 9.36 Å². The monoisotopic (exact) mass is 2840 g/mol. The standard InChI is InChI=1S/C19H14N2.C18H12.C15H14.2C14H12N2.3C12H8.C10H9N2.C9H7N2.5Pt/c1-3-9-16(10-4-1)20-15-21(17-11-5-2-6-12-17)19-14-8-7-13-18(19)20;1-3-8-15(9-4-1)17-12-7-13-18(14-17)16-10-5-2-6-11-16;1-12(2)13-8-10-15(11-9-13)14-6-4-3-5-7-14;2*1-15-11-16(12-7-3-2-4-8-12)14-10-6-5-9-13(14)15;3*1-3-7-11(8-4-1)12-9-5-2-6-10-12;1-9-3-5-10(6-4-9)12-8-2-7-11-12;1-2-5-9(6-3-1)11-8-4-7-10-11;;;;;/h1-11,13-15H;1-10,12,14H;3-6,8-10,12H,1-2H3;2*2-7,9-11H,1H3;3*1-7,9H;2-5,7-8H,1H3;1-5,7-8H;;;;;/q8*-2;2*-1;;;3*+4. The Kier molecular flexibility index (Phi) is 48.0. The van der Waals surface area contributed by atoms with Crippen molar-refractivity contribution >= 4 is 56.9 Å². The van der Waals surface area contributed by atoms with E-state index in [2.05, 4.69) is 361 Å². The summed E-state index contributed by atoms with van der Waals surface area (Å²) in [7, 11) is 4.11. The molecule has 150 heavy (non-hydrogen) atoms. The summed E-state index contributed by atoms with van der Waals surface area (Å²) in [5, 5.41) is 8.17. The van der Waals surface area contributed by atoms with Crippen molar-refractivity contribution < 1.29 is 105 Å². The topological polar surface area (TPSA) is 55.1 Å². The minimum atomic E-state index is 0. The van der Waals surface area contributed by atoms with Crippen LogP contribution in [0.25, 0.3) is 78.1 Å². The van der Waals surface area contributed by atoms with Crippen molar-refractivity contribution in [2.75, 3.05) is 43.5 Å². The van der Waals surface area contributed by atoms with Gasteiger partial charge in [0.1, 0.15) is 0 Å². The minimum absolute atomic E-state index is 0. The first-order valence-corrected chi connectivity index (χ1v) is 47.8. The zero-order chi connectivity index (χ0) is 99.5. The molecule has 3 aliphatic rings. The maximum Gasteiger partial charge on any atom is 4.00 e. The Bertz CT molecular complexity index is 6910. The number of aromatic nitrogens is 4. The van der Waals surface area contributed by atoms with Crippen LogP contribution in [0.2, 0.25) is 0 Å². The zero-order valence-electron chi connectivity index (χ0n) is 82.9. The second-order valence-corrected chi connectivity index (χ2v) is 33.3. The molecule has 0 amide bonds. The Morgan fingerprint density at radius 2 is 0.520 bits per heavy atom. The van der Waals surface area contributed by atoms with E-state index in [4.69, 9.17) is 0 Å². The second kappa shape index (κ2) is 62.4. The van der Waals surface area contributed by atoms with Crippen LogP contribution in [0.15, 0.2) is 516 Å². The Morgan fingerprint density at radius 3 is 0.833 bits per heavy atom. The van der Waals surface area contributed by atoms with Gasteiger partial charge in [0.25, 0.3) is 0 Å². The molecule has 0 saturated heterocycles. The molecule has 20 aromatic carbocycles. The number of hydrogen-bond donors (Lipinski definition) is 0. The SMILES string of the molecule is CC(C)c1c[c-]c(-c2[c-]cccc2)cc1.CN1[CH-]N(c2[c-]cccc2)c2ccccc21.CN1[CH-]N(c2[c-]cccc2)c2ccccc21.Cc1c[c-]c(-n2cccn2)cc1.[Pt+4].[Pt+4].[Pt+4].[Pt].[Pt].[c-]1ccccc1-c1[c-]ccc(-c2ccccc2)c1.[c-]1ccccc1-c1[c-]cccc1.[c-]1ccccc1-c1[c-]cccc1.[c-]1ccccc1-c1[c-]cccc1.[c-]1ccccc1-n1cccn1.[c-]1ccccc1N1[CH-]N(c2ccccc2)c2ccccc21. The summed E-state index contributed by atoms with van der Waals surface area (Å²) in [6.07, 6.45) is 7.31. The summed E-state index contributed by atoms with van der Waals surface area (Å²) in [5.41, 5.74) is 29.4. The number of fused-ring (bicyclic) bond motifs is 3. The molecular formula is C135H104N10Pt5-6. The second-order valence-electron chi connectivity index (χ2n) is 33.3. The Balaban J connectivity index is 0.000000158. The van der Waals surface area contributed by atoms with Crippen LogP contribution >= 0.6 is 0 Å². The van der Waals surface area contributed by atoms with Crippen molar-refractivity contribution in [2.24, 2.45) is 0 Å². The van der Waals surface area contributed by atoms with Crippen LogP contribution in [0.3, 0.4) is 0 Å². The summed E-state index contributed by atoms with van der Waals surface area (Å²) in [6.45, 7) is 12.7. The molecule has 0 aliphatic carbocycles. The van der Waals surface area contributed by atoms with E-state index in [1.54, 1.807) is 21.8 Å². The predicted octanol–water partition coefficient (Wildman–Crippen LogP) is 32.5. The average molecular weight is 2840 g/mol. The van der Waals surface area contributed by atoms with E-state index in [1.807, 2.05) is 329 Å². The minimum Gasteiger partial charge on any atom is -0.504 e. The summed E-state index contributed by atoms with van der Waals surface area (Å²) >= 11 is 0. The van der Waals surface area contributed by atoms with Gasteiger partial charge in [-0.15, -0.1) is 102 Å². The molecule has 0 atom stereocenters. The first kappa shape index (κ1) is 115. The molecule has 5 heterocycles. The molecule has 10 nitrogen and oxygen atoms in total. The third-order valence-electron chi connectivity index (χ3n) is 22.8. The quantitative estimate of drug-likeness (QED) is 0.106. The van der Waals surface area contributed by atoms with E-state index in [0.29, 0.717) is 5.92 Å². The van der Waals surface area contributed by atoms with Gasteiger partial charge in [0, 0.05) is 107 Å². The van der Waals surface area contributed by atoms with Crippen LogP contribution in [0.5, 0.6) is 0 Å². The molecule has 25 rings (SSSR count). The number of rotatable bonds is 13. The third kappa shape index (κ3) is 33.8. The Labute approximate surface area is 959 Å². The van der Waals surface area contributed by atoms with Gasteiger partial charge < -0.3 is 29.4 Å². The van der Waals surface area contributed by atoms with Crippen molar-refractivity contribution in [1.29, 1.82) is 0 Å². The molecule has 0 bridgehead atoms. The molecule has 2 aromatic heterocycles. The van der Waals surface area contributed by atoms with E-state index in [0.717, 1.165) is 89.8 Å². The number of benzene rings is 20. The summed E-state index contributed by atoms with van der Waals surface area (Å²) in [5.74, 6) is 0.565. The van der Waals surface area contributed by atoms with E-state index >= 15 is 0 Å². The summed E-state index contributed by atoms with van der Waals surface area (Å²) in [6, 6.07) is 211. The van der Waals surface area contributed by atoms with E-state index in [-0.39, 0.29) is 105 Å². The maximum atomic E-state index is 4.10. The number of para-hydroxylation sites is 11. The third-order valence-corrected chi connectivity index (χ3v) is 22.8. The van der Waals surface area contributed by atoms with Gasteiger partial charge in [-0.25, -0.2) is 55.6 Å². The van der Waals surface area contributed by atoms with Gasteiger partial charge in [-0.05, 0) is 91.7 Å². The van der Waals surface area contributed by atoms with Gasteiger partial charge in [0.05, 0.1) is 0 Å². The molecular weight excluding hydrogens is 2740 g/mol. The zero-order valence-corrected chi connectivity index (χ0v) is 94.3. The number of aryl methyl sites for hydroxylation is 1. The maximum absolute atomic E-state index is 4.10. The Hall–Kier alpha value is -14.9. The smallest absolute Gasteiger partial charge is 0.504 e. The van der Waals surface area contributed by atoms with Crippen LogP contribution in [-0.4, -0.2) is 33.7 Å². The molecule has 0 unspecified atom stereocenters. The van der Waals surface area contributed by atoms with Crippen LogP contribution in [-0.2, 0) is 105 Å². The van der Waals surface area contributed by atoms with Gasteiger partial charge in [0.15, 0.2) is 0 Å².